The third-order valence-electron chi connectivity index (χ3n) is 2.83. The van der Waals surface area contributed by atoms with E-state index in [-0.39, 0.29) is 0 Å². The Morgan fingerprint density at radius 2 is 1.84 bits per heavy atom. The van der Waals surface area contributed by atoms with Crippen molar-refractivity contribution < 1.29 is 0 Å². The number of rotatable bonds is 3. The fraction of sp³-hybridized carbons (Fsp3) is 0.154. The van der Waals surface area contributed by atoms with E-state index >= 15 is 0 Å². The summed E-state index contributed by atoms with van der Waals surface area (Å²) in [7, 11) is 0. The van der Waals surface area contributed by atoms with Gasteiger partial charge in [-0.25, -0.2) is 0 Å². The van der Waals surface area contributed by atoms with Crippen molar-refractivity contribution in [3.8, 4) is 5.69 Å². The maximum atomic E-state index is 4.23. The van der Waals surface area contributed by atoms with Crippen molar-refractivity contribution in [2.75, 3.05) is 0 Å². The van der Waals surface area contributed by atoms with E-state index in [1.54, 1.807) is 24.4 Å². The van der Waals surface area contributed by atoms with Crippen LogP contribution in [0.3, 0.4) is 0 Å². The molecule has 0 fully saturated rings. The molecule has 3 aromatic rings. The van der Waals surface area contributed by atoms with Gasteiger partial charge in [0.2, 0.25) is 0 Å². The van der Waals surface area contributed by atoms with Gasteiger partial charge in [0.25, 0.3) is 0 Å². The molecule has 0 spiro atoms. The number of aromatic nitrogens is 5. The third kappa shape index (κ3) is 2.26. The number of hydrogen-bond donors (Lipinski definition) is 1. The topological polar surface area (TPSA) is 59.4 Å². The van der Waals surface area contributed by atoms with Crippen LogP contribution in [-0.4, -0.2) is 25.0 Å². The highest BCUT2D eigenvalue weighted by molar-refractivity contribution is 7.99. The van der Waals surface area contributed by atoms with Gasteiger partial charge < -0.3 is 0 Å². The lowest BCUT2D eigenvalue weighted by molar-refractivity contribution is 1.02. The third-order valence-corrected chi connectivity index (χ3v) is 4.21. The molecule has 96 valence electrons. The fourth-order valence-electron chi connectivity index (χ4n) is 1.88. The molecular formula is C13H13N5S. The van der Waals surface area contributed by atoms with Gasteiger partial charge in [-0.3, -0.25) is 9.67 Å². The molecule has 0 bridgehead atoms. The zero-order valence-corrected chi connectivity index (χ0v) is 11.5. The number of aromatic amines is 1. The minimum Gasteiger partial charge on any atom is -0.287 e. The summed E-state index contributed by atoms with van der Waals surface area (Å²) in [5.74, 6) is 0. The average Bonchev–Trinajstić information content (AvgIpc) is 3.05. The van der Waals surface area contributed by atoms with E-state index in [1.165, 1.54) is 4.90 Å². The minimum absolute atomic E-state index is 1.01. The first-order valence-electron chi connectivity index (χ1n) is 5.89. The molecule has 2 aromatic heterocycles. The van der Waals surface area contributed by atoms with Crippen LogP contribution in [0.2, 0.25) is 0 Å². The van der Waals surface area contributed by atoms with Crippen molar-refractivity contribution in [1.82, 2.24) is 25.0 Å². The Labute approximate surface area is 115 Å². The van der Waals surface area contributed by atoms with Crippen LogP contribution in [0, 0.1) is 13.8 Å². The molecule has 0 saturated heterocycles. The lowest BCUT2D eigenvalue weighted by atomic mass is 10.3. The SMILES string of the molecule is Cc1n[nH]c(C)c1Sc1ccccc1-n1cnnc1. The average molecular weight is 271 g/mol. The number of benzene rings is 1. The molecule has 1 N–H and O–H groups in total. The molecule has 0 aliphatic heterocycles. The van der Waals surface area contributed by atoms with E-state index in [4.69, 9.17) is 0 Å². The second kappa shape index (κ2) is 4.89. The minimum atomic E-state index is 1.01. The van der Waals surface area contributed by atoms with E-state index in [2.05, 4.69) is 32.5 Å². The Morgan fingerprint density at radius 1 is 1.11 bits per heavy atom. The van der Waals surface area contributed by atoms with Gasteiger partial charge in [-0.2, -0.15) is 5.10 Å². The molecule has 3 rings (SSSR count). The van der Waals surface area contributed by atoms with Gasteiger partial charge in [-0.1, -0.05) is 23.9 Å². The summed E-state index contributed by atoms with van der Waals surface area (Å²) >= 11 is 1.70. The van der Waals surface area contributed by atoms with Crippen molar-refractivity contribution in [3.05, 3.63) is 48.3 Å². The normalized spacial score (nSPS) is 10.8. The van der Waals surface area contributed by atoms with Gasteiger partial charge in [0.1, 0.15) is 12.7 Å². The Morgan fingerprint density at radius 3 is 2.53 bits per heavy atom. The molecular weight excluding hydrogens is 258 g/mol. The van der Waals surface area contributed by atoms with E-state index in [0.29, 0.717) is 0 Å². The van der Waals surface area contributed by atoms with E-state index in [9.17, 15) is 0 Å². The van der Waals surface area contributed by atoms with Gasteiger partial charge in [0, 0.05) is 10.6 Å². The Balaban J connectivity index is 2.02. The molecule has 1 aromatic carbocycles. The first-order chi connectivity index (χ1) is 9.25. The van der Waals surface area contributed by atoms with Crippen LogP contribution in [0.1, 0.15) is 11.4 Å². The molecule has 0 amide bonds. The van der Waals surface area contributed by atoms with Crippen LogP contribution in [0.5, 0.6) is 0 Å². The highest BCUT2D eigenvalue weighted by atomic mass is 32.2. The Bertz CT molecular complexity index is 667. The van der Waals surface area contributed by atoms with Gasteiger partial charge in [0.05, 0.1) is 16.3 Å². The maximum Gasteiger partial charge on any atom is 0.123 e. The number of nitrogens with zero attached hydrogens (tertiary/aromatic N) is 4. The number of hydrogen-bond acceptors (Lipinski definition) is 4. The lowest BCUT2D eigenvalue weighted by Crippen LogP contribution is -1.93. The summed E-state index contributed by atoms with van der Waals surface area (Å²) < 4.78 is 1.91. The molecule has 0 atom stereocenters. The molecule has 19 heavy (non-hydrogen) atoms. The molecule has 0 aliphatic rings. The summed E-state index contributed by atoms with van der Waals surface area (Å²) in [6.45, 7) is 4.04. The monoisotopic (exact) mass is 271 g/mol. The zero-order chi connectivity index (χ0) is 13.2. The predicted molar refractivity (Wildman–Crippen MR) is 73.5 cm³/mol. The molecule has 0 unspecified atom stereocenters. The predicted octanol–water partition coefficient (Wildman–Crippen LogP) is 2.76. The molecule has 2 heterocycles. The largest absolute Gasteiger partial charge is 0.287 e. The van der Waals surface area contributed by atoms with Crippen LogP contribution in [0.15, 0.2) is 46.7 Å². The van der Waals surface area contributed by atoms with Crippen molar-refractivity contribution in [2.45, 2.75) is 23.6 Å². The van der Waals surface area contributed by atoms with E-state index in [0.717, 1.165) is 22.0 Å². The van der Waals surface area contributed by atoms with Crippen molar-refractivity contribution in [2.24, 2.45) is 0 Å². The standard InChI is InChI=1S/C13H13N5S/c1-9-13(10(2)17-16-9)19-12-6-4-3-5-11(12)18-7-14-15-8-18/h3-8H,1-2H3,(H,16,17). The number of para-hydroxylation sites is 1. The van der Waals surface area contributed by atoms with Crippen molar-refractivity contribution in [1.29, 1.82) is 0 Å². The Kier molecular flexibility index (Phi) is 3.08. The zero-order valence-electron chi connectivity index (χ0n) is 10.7. The van der Waals surface area contributed by atoms with E-state index in [1.807, 2.05) is 30.5 Å². The molecule has 5 nitrogen and oxygen atoms in total. The molecule has 6 heteroatoms. The highest BCUT2D eigenvalue weighted by Gasteiger charge is 2.11. The van der Waals surface area contributed by atoms with Gasteiger partial charge in [0.15, 0.2) is 0 Å². The molecule has 0 radical (unpaired) electrons. The van der Waals surface area contributed by atoms with Crippen molar-refractivity contribution >= 4 is 11.8 Å². The highest BCUT2D eigenvalue weighted by Crippen LogP contribution is 2.35. The van der Waals surface area contributed by atoms with Crippen LogP contribution in [0.25, 0.3) is 5.69 Å². The lowest BCUT2D eigenvalue weighted by Gasteiger charge is -2.09. The summed E-state index contributed by atoms with van der Waals surface area (Å²) in [6, 6.07) is 8.18. The van der Waals surface area contributed by atoms with Crippen LogP contribution >= 0.6 is 11.8 Å². The van der Waals surface area contributed by atoms with Crippen LogP contribution < -0.4 is 0 Å². The molecule has 0 aliphatic carbocycles. The van der Waals surface area contributed by atoms with Crippen molar-refractivity contribution in [3.63, 3.8) is 0 Å². The summed E-state index contributed by atoms with van der Waals surface area (Å²) in [4.78, 5) is 2.32. The second-order valence-corrected chi connectivity index (χ2v) is 5.25. The smallest absolute Gasteiger partial charge is 0.123 e. The number of H-pyrrole nitrogens is 1. The quantitative estimate of drug-likeness (QED) is 0.795. The van der Waals surface area contributed by atoms with Gasteiger partial charge in [-0.05, 0) is 26.0 Å². The van der Waals surface area contributed by atoms with Crippen LogP contribution in [0.4, 0.5) is 0 Å². The summed E-state index contributed by atoms with van der Waals surface area (Å²) in [5.41, 5.74) is 3.17. The fourth-order valence-corrected chi connectivity index (χ4v) is 2.92. The number of aryl methyl sites for hydroxylation is 2. The summed E-state index contributed by atoms with van der Waals surface area (Å²) in [5, 5.41) is 15.0. The van der Waals surface area contributed by atoms with Gasteiger partial charge in [-0.15, -0.1) is 10.2 Å². The first-order valence-corrected chi connectivity index (χ1v) is 6.71. The number of nitrogens with one attached hydrogen (secondary N) is 1. The Hall–Kier alpha value is -2.08. The first kappa shape index (κ1) is 12.0. The van der Waals surface area contributed by atoms with Crippen LogP contribution in [-0.2, 0) is 0 Å². The second-order valence-electron chi connectivity index (χ2n) is 4.20. The molecule has 0 saturated carbocycles. The maximum absolute atomic E-state index is 4.23. The van der Waals surface area contributed by atoms with E-state index < -0.39 is 0 Å². The van der Waals surface area contributed by atoms with Gasteiger partial charge >= 0.3 is 0 Å². The summed E-state index contributed by atoms with van der Waals surface area (Å²) in [6.07, 6.45) is 3.41.